The van der Waals surface area contributed by atoms with Crippen LogP contribution in [0.4, 0.5) is 17.1 Å². The number of rotatable bonds is 4. The number of oxazole rings is 1. The van der Waals surface area contributed by atoms with Gasteiger partial charge in [0, 0.05) is 59.6 Å². The largest absolute Gasteiger partial charge is 0.456 e. The van der Waals surface area contributed by atoms with Crippen LogP contribution in [0.25, 0.3) is 86.2 Å². The quantitative estimate of drug-likeness (QED) is 0.189. The number of anilines is 3. The van der Waals surface area contributed by atoms with E-state index in [1.807, 2.05) is 35.6 Å². The molecular weight excluding hydrogens is 633 g/mol. The molecule has 8 aromatic carbocycles. The van der Waals surface area contributed by atoms with Gasteiger partial charge in [-0.3, -0.25) is 0 Å². The average molecular weight is 659 g/mol. The van der Waals surface area contributed by atoms with Crippen LogP contribution in [-0.4, -0.2) is 4.98 Å². The predicted octanol–water partition coefficient (Wildman–Crippen LogP) is 13.5. The first kappa shape index (κ1) is 27.5. The Labute approximate surface area is 290 Å². The van der Waals surface area contributed by atoms with Crippen molar-refractivity contribution in [2.75, 3.05) is 4.90 Å². The summed E-state index contributed by atoms with van der Waals surface area (Å²) in [5, 5.41) is 9.46. The summed E-state index contributed by atoms with van der Waals surface area (Å²) < 4.78 is 15.5. The van der Waals surface area contributed by atoms with E-state index in [0.29, 0.717) is 5.89 Å². The van der Waals surface area contributed by atoms with Crippen molar-refractivity contribution in [1.29, 1.82) is 0 Å². The van der Waals surface area contributed by atoms with Crippen molar-refractivity contribution in [3.8, 4) is 11.5 Å². The highest BCUT2D eigenvalue weighted by Gasteiger charge is 2.20. The maximum absolute atomic E-state index is 6.57. The molecule has 3 aromatic heterocycles. The Hall–Kier alpha value is -6.43. The Morgan fingerprint density at radius 1 is 0.440 bits per heavy atom. The minimum absolute atomic E-state index is 0.586. The molecule has 0 saturated heterocycles. The van der Waals surface area contributed by atoms with Crippen molar-refractivity contribution in [2.24, 2.45) is 0 Å². The standard InChI is InChI=1S/C45H26N2O2S/c1-2-12-30(13-3-1)47(32-19-21-35-42(26-32)50-41-22-17-27-9-6-7-14-33(27)44(35)41)31-18-20-34-39(25-31)48-38-16-8-15-36(43(34)38)45-46-37-23-28-10-4-5-11-29(28)24-40(37)49-45/h1-26H. The van der Waals surface area contributed by atoms with Gasteiger partial charge in [-0.15, -0.1) is 11.3 Å². The molecule has 234 valence electrons. The fraction of sp³-hybridized carbons (Fsp3) is 0. The lowest BCUT2D eigenvalue weighted by Gasteiger charge is -2.25. The number of hydrogen-bond donors (Lipinski definition) is 0. The molecule has 5 heteroatoms. The molecular formula is C45H26N2O2S. The molecule has 4 nitrogen and oxygen atoms in total. The lowest BCUT2D eigenvalue weighted by Crippen LogP contribution is -2.09. The lowest BCUT2D eigenvalue weighted by atomic mass is 10.0. The van der Waals surface area contributed by atoms with Crippen LogP contribution in [0.5, 0.6) is 0 Å². The highest BCUT2D eigenvalue weighted by molar-refractivity contribution is 7.26. The molecule has 0 saturated carbocycles. The maximum Gasteiger partial charge on any atom is 0.228 e. The van der Waals surface area contributed by atoms with Crippen molar-refractivity contribution >= 4 is 103 Å². The molecule has 0 radical (unpaired) electrons. The van der Waals surface area contributed by atoms with Crippen molar-refractivity contribution in [1.82, 2.24) is 4.98 Å². The second-order valence-corrected chi connectivity index (χ2v) is 13.8. The molecule has 0 bridgehead atoms. The monoisotopic (exact) mass is 658 g/mol. The first-order valence-electron chi connectivity index (χ1n) is 16.7. The zero-order valence-electron chi connectivity index (χ0n) is 26.6. The summed E-state index contributed by atoms with van der Waals surface area (Å²) in [4.78, 5) is 7.24. The maximum atomic E-state index is 6.57. The van der Waals surface area contributed by atoms with Gasteiger partial charge in [0.2, 0.25) is 5.89 Å². The molecule has 3 heterocycles. The first-order valence-corrected chi connectivity index (χ1v) is 17.5. The Morgan fingerprint density at radius 3 is 2.08 bits per heavy atom. The zero-order chi connectivity index (χ0) is 32.8. The summed E-state index contributed by atoms with van der Waals surface area (Å²) >= 11 is 1.85. The number of para-hydroxylation sites is 1. The van der Waals surface area contributed by atoms with E-state index in [9.17, 15) is 0 Å². The van der Waals surface area contributed by atoms with Crippen LogP contribution in [0.1, 0.15) is 0 Å². The molecule has 0 atom stereocenters. The molecule has 0 fully saturated rings. The van der Waals surface area contributed by atoms with E-state index in [2.05, 4.69) is 138 Å². The smallest absolute Gasteiger partial charge is 0.228 e. The van der Waals surface area contributed by atoms with E-state index in [4.69, 9.17) is 13.8 Å². The molecule has 0 N–H and O–H groups in total. The van der Waals surface area contributed by atoms with Crippen LogP contribution in [0.3, 0.4) is 0 Å². The fourth-order valence-electron chi connectivity index (χ4n) is 7.56. The molecule has 0 aliphatic carbocycles. The summed E-state index contributed by atoms with van der Waals surface area (Å²) in [6, 6.07) is 55.5. The van der Waals surface area contributed by atoms with Crippen LogP contribution < -0.4 is 4.90 Å². The summed E-state index contributed by atoms with van der Waals surface area (Å²) in [7, 11) is 0. The van der Waals surface area contributed by atoms with E-state index in [1.165, 1.54) is 30.9 Å². The molecule has 0 aliphatic rings. The number of fused-ring (bicyclic) bond motifs is 10. The third kappa shape index (κ3) is 4.14. The second kappa shape index (κ2) is 10.5. The molecule has 0 aliphatic heterocycles. The highest BCUT2D eigenvalue weighted by Crippen LogP contribution is 2.44. The third-order valence-corrected chi connectivity index (χ3v) is 11.0. The topological polar surface area (TPSA) is 42.4 Å². The van der Waals surface area contributed by atoms with Crippen molar-refractivity contribution in [3.63, 3.8) is 0 Å². The van der Waals surface area contributed by atoms with E-state index < -0.39 is 0 Å². The Morgan fingerprint density at radius 2 is 1.20 bits per heavy atom. The molecule has 11 aromatic rings. The first-order chi connectivity index (χ1) is 24.7. The number of hydrogen-bond acceptors (Lipinski definition) is 5. The number of aromatic nitrogens is 1. The van der Waals surface area contributed by atoms with Gasteiger partial charge in [0.15, 0.2) is 5.58 Å². The number of furan rings is 1. The molecule has 50 heavy (non-hydrogen) atoms. The Kier molecular flexibility index (Phi) is 5.80. The summed E-state index contributed by atoms with van der Waals surface area (Å²) in [5.41, 5.74) is 7.32. The van der Waals surface area contributed by atoms with Crippen LogP contribution in [-0.2, 0) is 0 Å². The van der Waals surface area contributed by atoms with Gasteiger partial charge < -0.3 is 13.7 Å². The van der Waals surface area contributed by atoms with Crippen LogP contribution >= 0.6 is 11.3 Å². The van der Waals surface area contributed by atoms with Gasteiger partial charge in [-0.05, 0) is 88.3 Å². The number of benzene rings is 8. The van der Waals surface area contributed by atoms with Gasteiger partial charge in [0.25, 0.3) is 0 Å². The summed E-state index contributed by atoms with van der Waals surface area (Å²) in [6.07, 6.45) is 0. The minimum atomic E-state index is 0.586. The third-order valence-electron chi connectivity index (χ3n) is 9.84. The molecule has 0 unspecified atom stereocenters. The molecule has 0 amide bonds. The fourth-order valence-corrected chi connectivity index (χ4v) is 8.71. The van der Waals surface area contributed by atoms with Crippen LogP contribution in [0, 0.1) is 0 Å². The average Bonchev–Trinajstić information content (AvgIpc) is 3.87. The van der Waals surface area contributed by atoms with E-state index >= 15 is 0 Å². The van der Waals surface area contributed by atoms with E-state index in [1.54, 1.807) is 0 Å². The molecule has 11 rings (SSSR count). The summed E-state index contributed by atoms with van der Waals surface area (Å²) in [6.45, 7) is 0. The van der Waals surface area contributed by atoms with Crippen molar-refractivity contribution < 1.29 is 8.83 Å². The van der Waals surface area contributed by atoms with Gasteiger partial charge in [-0.1, -0.05) is 84.9 Å². The lowest BCUT2D eigenvalue weighted by molar-refractivity contribution is 0.620. The SMILES string of the molecule is c1ccc(N(c2ccc3c(c2)oc2cccc(-c4nc5cc6ccccc6cc5o4)c23)c2ccc3c(c2)sc2ccc4ccccc4c23)cc1. The second-order valence-electron chi connectivity index (χ2n) is 12.8. The van der Waals surface area contributed by atoms with Crippen LogP contribution in [0.2, 0.25) is 0 Å². The van der Waals surface area contributed by atoms with E-state index in [-0.39, 0.29) is 0 Å². The predicted molar refractivity (Wildman–Crippen MR) is 209 cm³/mol. The Balaban J connectivity index is 1.07. The van der Waals surface area contributed by atoms with Gasteiger partial charge >= 0.3 is 0 Å². The van der Waals surface area contributed by atoms with Gasteiger partial charge in [0.05, 0.1) is 0 Å². The number of thiophene rings is 1. The van der Waals surface area contributed by atoms with E-state index in [0.717, 1.165) is 66.4 Å². The van der Waals surface area contributed by atoms with Gasteiger partial charge in [-0.25, -0.2) is 4.98 Å². The van der Waals surface area contributed by atoms with Crippen LogP contribution in [0.15, 0.2) is 167 Å². The molecule has 0 spiro atoms. The van der Waals surface area contributed by atoms with Crippen molar-refractivity contribution in [2.45, 2.75) is 0 Å². The zero-order valence-corrected chi connectivity index (χ0v) is 27.4. The normalized spacial score (nSPS) is 12.0. The minimum Gasteiger partial charge on any atom is -0.456 e. The highest BCUT2D eigenvalue weighted by atomic mass is 32.1. The van der Waals surface area contributed by atoms with Gasteiger partial charge in [0.1, 0.15) is 16.7 Å². The summed E-state index contributed by atoms with van der Waals surface area (Å²) in [5.74, 6) is 0.586. The van der Waals surface area contributed by atoms with Gasteiger partial charge in [-0.2, -0.15) is 0 Å². The number of nitrogens with zero attached hydrogens (tertiary/aromatic N) is 2. The van der Waals surface area contributed by atoms with Crippen molar-refractivity contribution in [3.05, 3.63) is 158 Å². The Bertz CT molecular complexity index is 3060.